The maximum Gasteiger partial charge on any atom is 0.167 e. The topological polar surface area (TPSA) is 24.1 Å². The quantitative estimate of drug-likeness (QED) is 0.721. The van der Waals surface area contributed by atoms with Crippen LogP contribution in [0.1, 0.15) is 18.9 Å². The van der Waals surface area contributed by atoms with Gasteiger partial charge in [-0.3, -0.25) is 0 Å². The molecule has 74 valence electrons. The molecule has 0 amide bonds. The van der Waals surface area contributed by atoms with Crippen LogP contribution in [0.25, 0.3) is 0 Å². The summed E-state index contributed by atoms with van der Waals surface area (Å²) >= 11 is 5.11. The van der Waals surface area contributed by atoms with Crippen molar-refractivity contribution < 1.29 is 0 Å². The number of thiocarbonyl (C=S) groups is 1. The minimum Gasteiger partial charge on any atom is -0.360 e. The van der Waals surface area contributed by atoms with E-state index in [1.54, 1.807) is 0 Å². The summed E-state index contributed by atoms with van der Waals surface area (Å²) in [5, 5.41) is 7.29. The highest BCUT2D eigenvalue weighted by Crippen LogP contribution is 2.26. The van der Waals surface area contributed by atoms with Crippen LogP contribution in [0.15, 0.2) is 30.3 Å². The Hall–Kier alpha value is -1.09. The molecule has 1 aromatic carbocycles. The molecule has 3 heteroatoms. The first-order chi connectivity index (χ1) is 6.77. The third-order valence-electron chi connectivity index (χ3n) is 2.83. The van der Waals surface area contributed by atoms with Gasteiger partial charge in [0.15, 0.2) is 5.11 Å². The Morgan fingerprint density at radius 2 is 2.07 bits per heavy atom. The predicted molar refractivity (Wildman–Crippen MR) is 62.1 cm³/mol. The molecule has 14 heavy (non-hydrogen) atoms. The van der Waals surface area contributed by atoms with E-state index >= 15 is 0 Å². The van der Waals surface area contributed by atoms with Crippen LogP contribution in [0, 0.1) is 0 Å². The smallest absolute Gasteiger partial charge is 0.167 e. The van der Waals surface area contributed by atoms with Crippen molar-refractivity contribution in [1.82, 2.24) is 10.6 Å². The molecule has 1 saturated heterocycles. The van der Waals surface area contributed by atoms with Crippen molar-refractivity contribution >= 4 is 17.3 Å². The monoisotopic (exact) mass is 206 g/mol. The van der Waals surface area contributed by atoms with E-state index in [1.165, 1.54) is 5.56 Å². The van der Waals surface area contributed by atoms with Crippen molar-refractivity contribution in [3.63, 3.8) is 0 Å². The molecule has 0 spiro atoms. The fourth-order valence-electron chi connectivity index (χ4n) is 1.89. The summed E-state index contributed by atoms with van der Waals surface area (Å²) in [6.07, 6.45) is 1.03. The van der Waals surface area contributed by atoms with Crippen molar-refractivity contribution in [1.29, 1.82) is 0 Å². The molecule has 2 rings (SSSR count). The first-order valence-corrected chi connectivity index (χ1v) is 5.29. The van der Waals surface area contributed by atoms with Crippen LogP contribution in [0.2, 0.25) is 0 Å². The normalized spacial score (nSPS) is 25.6. The molecule has 1 aromatic rings. The number of nitrogens with one attached hydrogen (secondary N) is 2. The summed E-state index contributed by atoms with van der Waals surface area (Å²) < 4.78 is 0. The number of rotatable bonds is 2. The minimum absolute atomic E-state index is 0.00164. The van der Waals surface area contributed by atoms with Crippen LogP contribution in [0.5, 0.6) is 0 Å². The second-order valence-electron chi connectivity index (χ2n) is 3.61. The molecule has 0 bridgehead atoms. The Morgan fingerprint density at radius 3 is 2.57 bits per heavy atom. The van der Waals surface area contributed by atoms with E-state index in [0.29, 0.717) is 0 Å². The van der Waals surface area contributed by atoms with Crippen LogP contribution >= 0.6 is 12.2 Å². The number of benzene rings is 1. The zero-order valence-corrected chi connectivity index (χ0v) is 9.03. The molecule has 1 unspecified atom stereocenters. The van der Waals surface area contributed by atoms with E-state index < -0.39 is 0 Å². The van der Waals surface area contributed by atoms with Gasteiger partial charge >= 0.3 is 0 Å². The summed E-state index contributed by atoms with van der Waals surface area (Å²) in [4.78, 5) is 0. The highest BCUT2D eigenvalue weighted by Gasteiger charge is 2.35. The lowest BCUT2D eigenvalue weighted by molar-refractivity contribution is 0.417. The van der Waals surface area contributed by atoms with Gasteiger partial charge < -0.3 is 10.6 Å². The standard InChI is InChI=1S/C11H14N2S/c1-2-11(8-12-10(14)13-11)9-6-4-3-5-7-9/h3-7H,2,8H2,1H3,(H2,12,13,14). The molecule has 1 aliphatic heterocycles. The van der Waals surface area contributed by atoms with Crippen molar-refractivity contribution in [3.8, 4) is 0 Å². The van der Waals surface area contributed by atoms with Gasteiger partial charge in [-0.2, -0.15) is 0 Å². The maximum atomic E-state index is 5.11. The molecule has 0 aromatic heterocycles. The average Bonchev–Trinajstić information content (AvgIpc) is 2.63. The highest BCUT2D eigenvalue weighted by molar-refractivity contribution is 7.80. The van der Waals surface area contributed by atoms with Gasteiger partial charge in [0.1, 0.15) is 0 Å². The average molecular weight is 206 g/mol. The predicted octanol–water partition coefficient (Wildman–Crippen LogP) is 1.77. The van der Waals surface area contributed by atoms with Crippen LogP contribution in [0.3, 0.4) is 0 Å². The lowest BCUT2D eigenvalue weighted by Gasteiger charge is -2.27. The molecule has 1 heterocycles. The fraction of sp³-hybridized carbons (Fsp3) is 0.364. The van der Waals surface area contributed by atoms with E-state index in [9.17, 15) is 0 Å². The summed E-state index contributed by atoms with van der Waals surface area (Å²) in [7, 11) is 0. The lowest BCUT2D eigenvalue weighted by Crippen LogP contribution is -2.39. The Labute approximate surface area is 89.7 Å². The molecule has 0 radical (unpaired) electrons. The van der Waals surface area contributed by atoms with Crippen molar-refractivity contribution in [2.45, 2.75) is 18.9 Å². The number of hydrogen-bond donors (Lipinski definition) is 2. The third-order valence-corrected chi connectivity index (χ3v) is 3.08. The summed E-state index contributed by atoms with van der Waals surface area (Å²) in [6.45, 7) is 3.06. The van der Waals surface area contributed by atoms with Gasteiger partial charge in [0, 0.05) is 6.54 Å². The van der Waals surface area contributed by atoms with Gasteiger partial charge in [0.25, 0.3) is 0 Å². The molecular weight excluding hydrogens is 192 g/mol. The van der Waals surface area contributed by atoms with Gasteiger partial charge in [-0.25, -0.2) is 0 Å². The van der Waals surface area contributed by atoms with E-state index in [-0.39, 0.29) is 5.54 Å². The molecule has 2 nitrogen and oxygen atoms in total. The highest BCUT2D eigenvalue weighted by atomic mass is 32.1. The second kappa shape index (κ2) is 3.58. The molecule has 1 atom stereocenters. The van der Waals surface area contributed by atoms with Crippen molar-refractivity contribution in [2.24, 2.45) is 0 Å². The molecule has 2 N–H and O–H groups in total. The van der Waals surface area contributed by atoms with E-state index in [1.807, 2.05) is 6.07 Å². The molecule has 0 aliphatic carbocycles. The zero-order chi connectivity index (χ0) is 10.0. The Balaban J connectivity index is 2.34. The van der Waals surface area contributed by atoms with Crippen LogP contribution < -0.4 is 10.6 Å². The van der Waals surface area contributed by atoms with Crippen LogP contribution in [0.4, 0.5) is 0 Å². The molecule has 0 saturated carbocycles. The van der Waals surface area contributed by atoms with Crippen LogP contribution in [-0.4, -0.2) is 11.7 Å². The number of hydrogen-bond acceptors (Lipinski definition) is 1. The van der Waals surface area contributed by atoms with Gasteiger partial charge in [-0.1, -0.05) is 37.3 Å². The molecule has 1 fully saturated rings. The van der Waals surface area contributed by atoms with Gasteiger partial charge in [0.2, 0.25) is 0 Å². The Morgan fingerprint density at radius 1 is 1.36 bits per heavy atom. The summed E-state index contributed by atoms with van der Waals surface area (Å²) in [6, 6.07) is 10.5. The van der Waals surface area contributed by atoms with Crippen molar-refractivity contribution in [2.75, 3.05) is 6.54 Å². The summed E-state index contributed by atoms with van der Waals surface area (Å²) in [5.74, 6) is 0. The SMILES string of the molecule is CCC1(c2ccccc2)CNC(=S)N1. The fourth-order valence-corrected chi connectivity index (χ4v) is 2.15. The third kappa shape index (κ3) is 1.48. The van der Waals surface area contributed by atoms with Crippen LogP contribution in [-0.2, 0) is 5.54 Å². The van der Waals surface area contributed by atoms with Crippen molar-refractivity contribution in [3.05, 3.63) is 35.9 Å². The van der Waals surface area contributed by atoms with Gasteiger partial charge in [-0.05, 0) is 24.2 Å². The molecular formula is C11H14N2S. The summed E-state index contributed by atoms with van der Waals surface area (Å²) in [5.41, 5.74) is 1.30. The minimum atomic E-state index is -0.00164. The maximum absolute atomic E-state index is 5.11. The first-order valence-electron chi connectivity index (χ1n) is 4.88. The molecule has 1 aliphatic rings. The largest absolute Gasteiger partial charge is 0.360 e. The lowest BCUT2D eigenvalue weighted by atomic mass is 9.88. The second-order valence-corrected chi connectivity index (χ2v) is 4.02. The van der Waals surface area contributed by atoms with E-state index in [0.717, 1.165) is 18.1 Å². The van der Waals surface area contributed by atoms with E-state index in [4.69, 9.17) is 12.2 Å². The van der Waals surface area contributed by atoms with Gasteiger partial charge in [0.05, 0.1) is 5.54 Å². The first kappa shape index (κ1) is 9.46. The Kier molecular flexibility index (Phi) is 2.42. The zero-order valence-electron chi connectivity index (χ0n) is 8.21. The van der Waals surface area contributed by atoms with E-state index in [2.05, 4.69) is 41.8 Å². The van der Waals surface area contributed by atoms with Gasteiger partial charge in [-0.15, -0.1) is 0 Å². The Bertz CT molecular complexity index is 336.